The van der Waals surface area contributed by atoms with Crippen molar-refractivity contribution >= 4 is 0 Å². The number of benzene rings is 1. The second-order valence-corrected chi connectivity index (χ2v) is 6.19. The van der Waals surface area contributed by atoms with Gasteiger partial charge in [-0.15, -0.1) is 0 Å². The molecule has 1 N–H and O–H groups in total. The second-order valence-electron chi connectivity index (χ2n) is 6.19. The molecule has 124 valence electrons. The molecule has 0 saturated heterocycles. The van der Waals surface area contributed by atoms with Crippen LogP contribution in [0.25, 0.3) is 5.69 Å². The summed E-state index contributed by atoms with van der Waals surface area (Å²) in [7, 11) is 0. The van der Waals surface area contributed by atoms with Crippen LogP contribution in [-0.4, -0.2) is 26.2 Å². The van der Waals surface area contributed by atoms with E-state index in [0.29, 0.717) is 17.8 Å². The zero-order valence-electron chi connectivity index (χ0n) is 13.6. The largest absolute Gasteiger partial charge is 0.295 e. The van der Waals surface area contributed by atoms with Crippen LogP contribution in [0.5, 0.6) is 0 Å². The third kappa shape index (κ3) is 2.97. The van der Waals surface area contributed by atoms with E-state index in [-0.39, 0.29) is 5.56 Å². The summed E-state index contributed by atoms with van der Waals surface area (Å²) in [5.74, 6) is 0. The quantitative estimate of drug-likeness (QED) is 0.796. The van der Waals surface area contributed by atoms with Gasteiger partial charge < -0.3 is 0 Å². The summed E-state index contributed by atoms with van der Waals surface area (Å²) in [6, 6.07) is 13.1. The van der Waals surface area contributed by atoms with Crippen LogP contribution in [0.1, 0.15) is 22.4 Å². The van der Waals surface area contributed by atoms with E-state index in [4.69, 9.17) is 5.26 Å². The molecule has 3 aromatic rings. The SMILES string of the molecule is N#Cc1cccc(-n2[nH]c3c(c2=O)CN(Cc2cccnc2)CC3)c1. The summed E-state index contributed by atoms with van der Waals surface area (Å²) in [6.45, 7) is 2.28. The van der Waals surface area contributed by atoms with E-state index < -0.39 is 0 Å². The summed E-state index contributed by atoms with van der Waals surface area (Å²) >= 11 is 0. The minimum Gasteiger partial charge on any atom is -0.295 e. The standard InChI is InChI=1S/C19H17N5O/c20-10-14-3-1-5-16(9-14)24-19(25)17-13-23(8-6-18(17)22-24)12-15-4-2-7-21-11-15/h1-5,7,9,11,22H,6,8,12-13H2. The van der Waals surface area contributed by atoms with Crippen molar-refractivity contribution in [2.24, 2.45) is 0 Å². The van der Waals surface area contributed by atoms with Crippen molar-refractivity contribution in [3.8, 4) is 11.8 Å². The topological polar surface area (TPSA) is 77.7 Å². The molecule has 1 aromatic carbocycles. The third-order valence-electron chi connectivity index (χ3n) is 4.49. The van der Waals surface area contributed by atoms with Crippen molar-refractivity contribution in [3.63, 3.8) is 0 Å². The molecular weight excluding hydrogens is 314 g/mol. The first kappa shape index (κ1) is 15.4. The average molecular weight is 331 g/mol. The Morgan fingerprint density at radius 3 is 3.00 bits per heavy atom. The number of fused-ring (bicyclic) bond motifs is 1. The molecule has 0 bridgehead atoms. The van der Waals surface area contributed by atoms with Gasteiger partial charge in [-0.05, 0) is 29.8 Å². The van der Waals surface area contributed by atoms with Crippen LogP contribution in [-0.2, 0) is 19.5 Å². The zero-order chi connectivity index (χ0) is 17.2. The number of nitrogens with zero attached hydrogens (tertiary/aromatic N) is 4. The Kier molecular flexibility index (Phi) is 3.92. The van der Waals surface area contributed by atoms with Gasteiger partial charge in [0.2, 0.25) is 0 Å². The smallest absolute Gasteiger partial charge is 0.275 e. The van der Waals surface area contributed by atoms with E-state index in [9.17, 15) is 4.79 Å². The lowest BCUT2D eigenvalue weighted by atomic mass is 10.1. The minimum atomic E-state index is -0.0408. The molecule has 0 unspecified atom stereocenters. The van der Waals surface area contributed by atoms with Crippen LogP contribution < -0.4 is 5.56 Å². The average Bonchev–Trinajstić information content (AvgIpc) is 2.99. The van der Waals surface area contributed by atoms with E-state index in [1.807, 2.05) is 24.4 Å². The van der Waals surface area contributed by atoms with Gasteiger partial charge in [-0.3, -0.25) is 19.8 Å². The van der Waals surface area contributed by atoms with Gasteiger partial charge in [-0.25, -0.2) is 4.68 Å². The lowest BCUT2D eigenvalue weighted by Gasteiger charge is -2.25. The van der Waals surface area contributed by atoms with Gasteiger partial charge in [0.25, 0.3) is 5.56 Å². The molecule has 0 aliphatic carbocycles. The molecule has 4 rings (SSSR count). The van der Waals surface area contributed by atoms with Gasteiger partial charge in [-0.1, -0.05) is 12.1 Å². The summed E-state index contributed by atoms with van der Waals surface area (Å²) in [5.41, 5.74) is 4.12. The number of aromatic nitrogens is 3. The molecule has 6 nitrogen and oxygen atoms in total. The predicted molar refractivity (Wildman–Crippen MR) is 93.2 cm³/mol. The van der Waals surface area contributed by atoms with Crippen LogP contribution in [0.4, 0.5) is 0 Å². The van der Waals surface area contributed by atoms with Crippen LogP contribution in [0.3, 0.4) is 0 Å². The number of aromatic amines is 1. The minimum absolute atomic E-state index is 0.0408. The first-order valence-electron chi connectivity index (χ1n) is 8.19. The van der Waals surface area contributed by atoms with E-state index in [2.05, 4.69) is 21.1 Å². The lowest BCUT2D eigenvalue weighted by Crippen LogP contribution is -2.32. The van der Waals surface area contributed by atoms with Gasteiger partial charge in [-0.2, -0.15) is 5.26 Å². The Balaban J connectivity index is 1.62. The molecule has 3 heterocycles. The van der Waals surface area contributed by atoms with E-state index in [1.165, 1.54) is 0 Å². The van der Waals surface area contributed by atoms with Crippen LogP contribution >= 0.6 is 0 Å². The van der Waals surface area contributed by atoms with Crippen LogP contribution in [0.15, 0.2) is 53.6 Å². The van der Waals surface area contributed by atoms with Crippen molar-refractivity contribution in [3.05, 3.63) is 81.5 Å². The summed E-state index contributed by atoms with van der Waals surface area (Å²) < 4.78 is 1.54. The number of nitriles is 1. The zero-order valence-corrected chi connectivity index (χ0v) is 13.6. The molecular formula is C19H17N5O. The first-order valence-corrected chi connectivity index (χ1v) is 8.19. The number of rotatable bonds is 3. The Bertz CT molecular complexity index is 997. The Hall–Kier alpha value is -3.17. The molecule has 0 spiro atoms. The van der Waals surface area contributed by atoms with Crippen molar-refractivity contribution in [2.75, 3.05) is 6.54 Å². The molecule has 0 radical (unpaired) electrons. The monoisotopic (exact) mass is 331 g/mol. The fourth-order valence-corrected chi connectivity index (χ4v) is 3.24. The Morgan fingerprint density at radius 1 is 1.28 bits per heavy atom. The highest BCUT2D eigenvalue weighted by Gasteiger charge is 2.23. The molecule has 6 heteroatoms. The van der Waals surface area contributed by atoms with Gasteiger partial charge in [0.05, 0.1) is 22.9 Å². The first-order chi connectivity index (χ1) is 12.2. The third-order valence-corrected chi connectivity index (χ3v) is 4.49. The number of pyridine rings is 1. The molecule has 1 aliphatic heterocycles. The van der Waals surface area contributed by atoms with Crippen molar-refractivity contribution in [2.45, 2.75) is 19.5 Å². The molecule has 0 fully saturated rings. The predicted octanol–water partition coefficient (Wildman–Crippen LogP) is 1.99. The van der Waals surface area contributed by atoms with E-state index >= 15 is 0 Å². The second kappa shape index (κ2) is 6.38. The van der Waals surface area contributed by atoms with Gasteiger partial charge >= 0.3 is 0 Å². The Labute approximate surface area is 145 Å². The van der Waals surface area contributed by atoms with Crippen molar-refractivity contribution in [1.29, 1.82) is 5.26 Å². The van der Waals surface area contributed by atoms with Gasteiger partial charge in [0.15, 0.2) is 0 Å². The summed E-state index contributed by atoms with van der Waals surface area (Å²) in [4.78, 5) is 19.2. The molecule has 1 aliphatic rings. The van der Waals surface area contributed by atoms with Crippen molar-refractivity contribution < 1.29 is 0 Å². The highest BCUT2D eigenvalue weighted by molar-refractivity contribution is 5.41. The van der Waals surface area contributed by atoms with Crippen molar-refractivity contribution in [1.82, 2.24) is 19.7 Å². The van der Waals surface area contributed by atoms with Gasteiger partial charge in [0, 0.05) is 44.1 Å². The molecule has 0 amide bonds. The normalized spacial score (nSPS) is 14.0. The lowest BCUT2D eigenvalue weighted by molar-refractivity contribution is 0.244. The summed E-state index contributed by atoms with van der Waals surface area (Å²) in [6.07, 6.45) is 4.42. The Morgan fingerprint density at radius 2 is 2.20 bits per heavy atom. The fraction of sp³-hybridized carbons (Fsp3) is 0.211. The number of nitrogens with one attached hydrogen (secondary N) is 1. The number of H-pyrrole nitrogens is 1. The highest BCUT2D eigenvalue weighted by Crippen LogP contribution is 2.18. The summed E-state index contributed by atoms with van der Waals surface area (Å²) in [5, 5.41) is 12.3. The highest BCUT2D eigenvalue weighted by atomic mass is 16.1. The maximum atomic E-state index is 12.8. The van der Waals surface area contributed by atoms with Gasteiger partial charge in [0.1, 0.15) is 0 Å². The molecule has 0 saturated carbocycles. The van der Waals surface area contributed by atoms with E-state index in [1.54, 1.807) is 29.1 Å². The number of hydrogen-bond acceptors (Lipinski definition) is 4. The van der Waals surface area contributed by atoms with Crippen LogP contribution in [0, 0.1) is 11.3 Å². The van der Waals surface area contributed by atoms with Crippen LogP contribution in [0.2, 0.25) is 0 Å². The number of hydrogen-bond donors (Lipinski definition) is 1. The van der Waals surface area contributed by atoms with E-state index in [0.717, 1.165) is 36.3 Å². The maximum absolute atomic E-state index is 12.8. The molecule has 0 atom stereocenters. The fourth-order valence-electron chi connectivity index (χ4n) is 3.24. The molecule has 25 heavy (non-hydrogen) atoms. The maximum Gasteiger partial charge on any atom is 0.275 e. The molecule has 2 aromatic heterocycles.